The molecule has 0 radical (unpaired) electrons. The summed E-state index contributed by atoms with van der Waals surface area (Å²) >= 11 is 1.52. The molecule has 0 spiro atoms. The molecule has 0 bridgehead atoms. The van der Waals surface area contributed by atoms with Crippen molar-refractivity contribution in [3.8, 4) is 0 Å². The molecule has 0 fully saturated rings. The zero-order valence-electron chi connectivity index (χ0n) is 6.31. The number of benzene rings is 1. The van der Waals surface area contributed by atoms with Crippen LogP contribution in [0.15, 0.2) is 39.6 Å². The van der Waals surface area contributed by atoms with Crippen LogP contribution in [0, 0.1) is 0 Å². The Balaban J connectivity index is 0.000000720. The molecule has 0 aromatic heterocycles. The minimum atomic E-state index is 0. The largest absolute Gasteiger partial charge is 0.219 e. The molecule has 1 aromatic carbocycles. The van der Waals surface area contributed by atoms with Gasteiger partial charge in [-0.25, -0.2) is 4.40 Å². The van der Waals surface area contributed by atoms with Crippen molar-refractivity contribution in [1.29, 1.82) is 0 Å². The second kappa shape index (κ2) is 4.33. The zero-order valence-corrected chi connectivity index (χ0v) is 7.94. The fourth-order valence-corrected chi connectivity index (χ4v) is 1.60. The topological polar surface area (TPSA) is 12.4 Å². The molecule has 62 valence electrons. The molecule has 1 aliphatic heterocycles. The predicted molar refractivity (Wildman–Crippen MR) is 57.1 cm³/mol. The van der Waals surface area contributed by atoms with Crippen LogP contribution in [-0.4, -0.2) is 6.21 Å². The van der Waals surface area contributed by atoms with Crippen LogP contribution in [0.5, 0.6) is 0 Å². The van der Waals surface area contributed by atoms with Crippen molar-refractivity contribution in [2.24, 2.45) is 4.40 Å². The first kappa shape index (κ1) is 9.36. The lowest BCUT2D eigenvalue weighted by atomic mass is 10.2. The Morgan fingerprint density at radius 3 is 2.92 bits per heavy atom. The van der Waals surface area contributed by atoms with Gasteiger partial charge in [-0.05, 0) is 17.7 Å². The van der Waals surface area contributed by atoms with Crippen LogP contribution in [0.25, 0.3) is 6.08 Å². The normalized spacial score (nSPS) is 13.0. The maximum absolute atomic E-state index is 4.12. The summed E-state index contributed by atoms with van der Waals surface area (Å²) in [6, 6.07) is 8.23. The summed E-state index contributed by atoms with van der Waals surface area (Å²) in [6.07, 6.45) is 5.84. The van der Waals surface area contributed by atoms with Crippen LogP contribution in [0.4, 0.5) is 0 Å². The van der Waals surface area contributed by atoms with Crippen molar-refractivity contribution in [3.05, 3.63) is 35.9 Å². The molecule has 0 atom stereocenters. The first-order valence-corrected chi connectivity index (χ1v) is 4.20. The summed E-state index contributed by atoms with van der Waals surface area (Å²) in [5.74, 6) is 0. The summed E-state index contributed by atoms with van der Waals surface area (Å²) in [5.41, 5.74) is 1.25. The summed E-state index contributed by atoms with van der Waals surface area (Å²) < 4.78 is 4.12. The number of hydrogen-bond donors (Lipinski definition) is 0. The fourth-order valence-electron chi connectivity index (χ4n) is 0.970. The van der Waals surface area contributed by atoms with Crippen LogP contribution in [0.2, 0.25) is 0 Å². The molecule has 0 saturated carbocycles. The molecule has 0 amide bonds. The average Bonchev–Trinajstić information content (AvgIpc) is 2.28. The lowest BCUT2D eigenvalue weighted by molar-refractivity contribution is 1.43. The first-order chi connectivity index (χ1) is 5.47. The van der Waals surface area contributed by atoms with Crippen LogP contribution in [0.1, 0.15) is 5.56 Å². The van der Waals surface area contributed by atoms with Gasteiger partial charge in [-0.15, -0.1) is 12.4 Å². The van der Waals surface area contributed by atoms with Gasteiger partial charge in [0.2, 0.25) is 0 Å². The monoisotopic (exact) mass is 197 g/mol. The molecular weight excluding hydrogens is 190 g/mol. The Bertz CT molecular complexity index is 320. The standard InChI is InChI=1S/C9H7NS.ClH/c1-2-6-9-8(4-1)5-3-7-10-11-9;/h1-7H;1H. The Morgan fingerprint density at radius 1 is 1.17 bits per heavy atom. The second-order valence-electron chi connectivity index (χ2n) is 2.24. The van der Waals surface area contributed by atoms with Crippen molar-refractivity contribution >= 4 is 36.6 Å². The number of nitrogens with zero attached hydrogens (tertiary/aromatic N) is 1. The number of allylic oxidation sites excluding steroid dienone is 1. The lowest BCUT2D eigenvalue weighted by Gasteiger charge is -1.97. The van der Waals surface area contributed by atoms with E-state index in [1.54, 1.807) is 0 Å². The molecule has 0 saturated heterocycles. The van der Waals surface area contributed by atoms with E-state index in [1.165, 1.54) is 22.4 Å². The predicted octanol–water partition coefficient (Wildman–Crippen LogP) is 3.21. The lowest BCUT2D eigenvalue weighted by Crippen LogP contribution is -1.73. The van der Waals surface area contributed by atoms with Crippen molar-refractivity contribution in [2.45, 2.75) is 4.90 Å². The van der Waals surface area contributed by atoms with Gasteiger partial charge in [0.25, 0.3) is 0 Å². The highest BCUT2D eigenvalue weighted by Crippen LogP contribution is 2.25. The number of hydrogen-bond acceptors (Lipinski definition) is 2. The van der Waals surface area contributed by atoms with E-state index < -0.39 is 0 Å². The van der Waals surface area contributed by atoms with Gasteiger partial charge in [0.15, 0.2) is 0 Å². The first-order valence-electron chi connectivity index (χ1n) is 3.43. The smallest absolute Gasteiger partial charge is 0.0377 e. The van der Waals surface area contributed by atoms with Crippen molar-refractivity contribution in [1.82, 2.24) is 0 Å². The second-order valence-corrected chi connectivity index (χ2v) is 3.08. The molecule has 1 aromatic rings. The number of rotatable bonds is 0. The Hall–Kier alpha value is -0.730. The molecule has 0 N–H and O–H groups in total. The van der Waals surface area contributed by atoms with Crippen LogP contribution in [0.3, 0.4) is 0 Å². The van der Waals surface area contributed by atoms with E-state index in [1.807, 2.05) is 24.4 Å². The molecule has 1 nitrogen and oxygen atoms in total. The summed E-state index contributed by atoms with van der Waals surface area (Å²) in [4.78, 5) is 1.22. The van der Waals surface area contributed by atoms with Gasteiger partial charge in [-0.3, -0.25) is 0 Å². The van der Waals surface area contributed by atoms with Crippen molar-refractivity contribution < 1.29 is 0 Å². The fraction of sp³-hybridized carbons (Fsp3) is 0. The highest BCUT2D eigenvalue weighted by atomic mass is 35.5. The van der Waals surface area contributed by atoms with Crippen molar-refractivity contribution in [3.63, 3.8) is 0 Å². The van der Waals surface area contributed by atoms with E-state index in [4.69, 9.17) is 0 Å². The van der Waals surface area contributed by atoms with Crippen molar-refractivity contribution in [2.75, 3.05) is 0 Å². The molecule has 1 heterocycles. The molecule has 1 aliphatic rings. The molecule has 3 heteroatoms. The maximum atomic E-state index is 4.12. The Kier molecular flexibility index (Phi) is 3.38. The molecular formula is C9H8ClNS. The average molecular weight is 198 g/mol. The van der Waals surface area contributed by atoms with Gasteiger partial charge < -0.3 is 0 Å². The van der Waals surface area contributed by atoms with E-state index in [-0.39, 0.29) is 12.4 Å². The summed E-state index contributed by atoms with van der Waals surface area (Å²) in [6.45, 7) is 0. The van der Waals surface area contributed by atoms with Crippen LogP contribution >= 0.6 is 24.4 Å². The van der Waals surface area contributed by atoms with Gasteiger partial charge in [0.05, 0.1) is 0 Å². The van der Waals surface area contributed by atoms with E-state index in [9.17, 15) is 0 Å². The Morgan fingerprint density at radius 2 is 2.00 bits per heavy atom. The zero-order chi connectivity index (χ0) is 7.52. The van der Waals surface area contributed by atoms with Gasteiger partial charge in [-0.2, -0.15) is 0 Å². The van der Waals surface area contributed by atoms with E-state index in [2.05, 4.69) is 22.6 Å². The molecule has 2 rings (SSSR count). The van der Waals surface area contributed by atoms with Gasteiger partial charge in [0, 0.05) is 23.1 Å². The Labute approximate surface area is 82.1 Å². The number of fused-ring (bicyclic) bond motifs is 1. The minimum Gasteiger partial charge on any atom is -0.219 e. The van der Waals surface area contributed by atoms with Gasteiger partial charge in [-0.1, -0.05) is 24.3 Å². The third-order valence-electron chi connectivity index (χ3n) is 1.49. The van der Waals surface area contributed by atoms with Crippen LogP contribution < -0.4 is 0 Å². The summed E-state index contributed by atoms with van der Waals surface area (Å²) in [7, 11) is 0. The molecule has 0 aliphatic carbocycles. The highest BCUT2D eigenvalue weighted by molar-refractivity contribution is 7.98. The van der Waals surface area contributed by atoms with E-state index >= 15 is 0 Å². The quantitative estimate of drug-likeness (QED) is 0.582. The van der Waals surface area contributed by atoms with E-state index in [0.29, 0.717) is 0 Å². The maximum Gasteiger partial charge on any atom is 0.0377 e. The number of halogens is 1. The molecule has 0 unspecified atom stereocenters. The molecule has 12 heavy (non-hydrogen) atoms. The SMILES string of the molecule is C1=Cc2ccccc2SN=C1.Cl. The summed E-state index contributed by atoms with van der Waals surface area (Å²) in [5, 5.41) is 0. The minimum absolute atomic E-state index is 0. The third kappa shape index (κ3) is 1.90. The van der Waals surface area contributed by atoms with Gasteiger partial charge >= 0.3 is 0 Å². The third-order valence-corrected chi connectivity index (χ3v) is 2.29. The van der Waals surface area contributed by atoms with Gasteiger partial charge in [0.1, 0.15) is 0 Å². The van der Waals surface area contributed by atoms with Crippen LogP contribution in [-0.2, 0) is 0 Å². The van der Waals surface area contributed by atoms with E-state index in [0.717, 1.165) is 0 Å². The highest BCUT2D eigenvalue weighted by Gasteiger charge is 1.98.